The topological polar surface area (TPSA) is 26.0 Å². The molecule has 1 nitrogen and oxygen atoms in total. The van der Waals surface area contributed by atoms with Crippen LogP contribution >= 0.6 is 0 Å². The van der Waals surface area contributed by atoms with Gasteiger partial charge >= 0.3 is 0 Å². The van der Waals surface area contributed by atoms with E-state index in [0.717, 1.165) is 25.7 Å². The van der Waals surface area contributed by atoms with Gasteiger partial charge in [-0.1, -0.05) is 42.0 Å². The second-order valence-corrected chi connectivity index (χ2v) is 6.86. The van der Waals surface area contributed by atoms with E-state index in [0.29, 0.717) is 0 Å². The quantitative estimate of drug-likeness (QED) is 0.882. The average molecular weight is 279 g/mol. The molecule has 1 heteroatoms. The van der Waals surface area contributed by atoms with Crippen LogP contribution in [-0.2, 0) is 19.3 Å². The fourth-order valence-electron chi connectivity index (χ4n) is 3.82. The molecule has 0 heterocycles. The van der Waals surface area contributed by atoms with E-state index < -0.39 is 0 Å². The van der Waals surface area contributed by atoms with Crippen molar-refractivity contribution in [3.8, 4) is 0 Å². The first-order valence-corrected chi connectivity index (χ1v) is 7.89. The van der Waals surface area contributed by atoms with Crippen LogP contribution in [0.4, 0.5) is 0 Å². The van der Waals surface area contributed by atoms with Gasteiger partial charge in [0.05, 0.1) is 0 Å². The number of fused-ring (bicyclic) bond motifs is 1. The van der Waals surface area contributed by atoms with E-state index in [-0.39, 0.29) is 5.54 Å². The minimum absolute atomic E-state index is 0.0981. The maximum atomic E-state index is 6.78. The van der Waals surface area contributed by atoms with Crippen molar-refractivity contribution in [2.45, 2.75) is 52.0 Å². The van der Waals surface area contributed by atoms with Crippen molar-refractivity contribution in [2.24, 2.45) is 5.73 Å². The van der Waals surface area contributed by atoms with Crippen molar-refractivity contribution < 1.29 is 0 Å². The Morgan fingerprint density at radius 1 is 1.00 bits per heavy atom. The molecule has 0 radical (unpaired) electrons. The third kappa shape index (κ3) is 2.89. The number of hydrogen-bond acceptors (Lipinski definition) is 1. The van der Waals surface area contributed by atoms with Crippen LogP contribution in [0.15, 0.2) is 36.4 Å². The summed E-state index contributed by atoms with van der Waals surface area (Å²) in [6, 6.07) is 13.3. The van der Waals surface area contributed by atoms with Gasteiger partial charge in [0.2, 0.25) is 0 Å². The number of hydrogen-bond donors (Lipinski definition) is 1. The van der Waals surface area contributed by atoms with Crippen LogP contribution in [0, 0.1) is 20.8 Å². The smallest absolute Gasteiger partial charge is 0.0239 e. The average Bonchev–Trinajstić information content (AvgIpc) is 2.43. The predicted molar refractivity (Wildman–Crippen MR) is 89.7 cm³/mol. The van der Waals surface area contributed by atoms with Gasteiger partial charge in [-0.05, 0) is 74.3 Å². The highest BCUT2D eigenvalue weighted by atomic mass is 14.7. The lowest BCUT2D eigenvalue weighted by atomic mass is 9.74. The second-order valence-electron chi connectivity index (χ2n) is 6.86. The Labute approximate surface area is 128 Å². The summed E-state index contributed by atoms with van der Waals surface area (Å²) in [6.45, 7) is 6.60. The molecule has 21 heavy (non-hydrogen) atoms. The van der Waals surface area contributed by atoms with E-state index in [2.05, 4.69) is 57.2 Å². The highest BCUT2D eigenvalue weighted by Crippen LogP contribution is 2.31. The number of rotatable bonds is 2. The van der Waals surface area contributed by atoms with Crippen LogP contribution in [0.3, 0.4) is 0 Å². The molecule has 1 atom stereocenters. The van der Waals surface area contributed by atoms with Crippen molar-refractivity contribution in [1.82, 2.24) is 0 Å². The van der Waals surface area contributed by atoms with Gasteiger partial charge in [0.25, 0.3) is 0 Å². The van der Waals surface area contributed by atoms with Crippen LogP contribution < -0.4 is 5.73 Å². The number of aryl methyl sites for hydroxylation is 4. The molecular weight excluding hydrogens is 254 g/mol. The molecule has 0 spiro atoms. The molecule has 2 N–H and O–H groups in total. The minimum atomic E-state index is -0.0981. The normalized spacial score (nSPS) is 21.1. The summed E-state index contributed by atoms with van der Waals surface area (Å²) in [5.41, 5.74) is 15.2. The molecule has 3 rings (SSSR count). The largest absolute Gasteiger partial charge is 0.324 e. The minimum Gasteiger partial charge on any atom is -0.324 e. The van der Waals surface area contributed by atoms with Crippen molar-refractivity contribution >= 4 is 0 Å². The molecule has 0 saturated carbocycles. The maximum Gasteiger partial charge on any atom is 0.0239 e. The molecule has 1 aliphatic rings. The zero-order valence-electron chi connectivity index (χ0n) is 13.4. The van der Waals surface area contributed by atoms with Crippen LogP contribution in [-0.4, -0.2) is 5.54 Å². The van der Waals surface area contributed by atoms with E-state index in [1.54, 1.807) is 0 Å². The molecule has 110 valence electrons. The van der Waals surface area contributed by atoms with Gasteiger partial charge in [0.15, 0.2) is 0 Å². The fourth-order valence-corrected chi connectivity index (χ4v) is 3.82. The van der Waals surface area contributed by atoms with Gasteiger partial charge in [0.1, 0.15) is 0 Å². The molecule has 0 aromatic heterocycles. The summed E-state index contributed by atoms with van der Waals surface area (Å²) in [4.78, 5) is 0. The second kappa shape index (κ2) is 5.31. The van der Waals surface area contributed by atoms with Gasteiger partial charge in [0, 0.05) is 5.54 Å². The molecule has 1 aliphatic carbocycles. The number of benzene rings is 2. The van der Waals surface area contributed by atoms with Gasteiger partial charge in [-0.2, -0.15) is 0 Å². The van der Waals surface area contributed by atoms with Crippen molar-refractivity contribution in [3.63, 3.8) is 0 Å². The zero-order valence-corrected chi connectivity index (χ0v) is 13.4. The Hall–Kier alpha value is -1.60. The first-order valence-electron chi connectivity index (χ1n) is 7.89. The lowest BCUT2D eigenvalue weighted by molar-refractivity contribution is 0.368. The molecule has 0 aliphatic heterocycles. The van der Waals surface area contributed by atoms with Crippen molar-refractivity contribution in [3.05, 3.63) is 69.8 Å². The molecule has 0 saturated heterocycles. The maximum absolute atomic E-state index is 6.78. The SMILES string of the molecule is Cc1cc(C)c(CC2(N)CCc3ccccc3C2)c(C)c1. The Kier molecular flexibility index (Phi) is 3.62. The van der Waals surface area contributed by atoms with Crippen LogP contribution in [0.1, 0.15) is 39.8 Å². The summed E-state index contributed by atoms with van der Waals surface area (Å²) < 4.78 is 0. The zero-order chi connectivity index (χ0) is 15.0. The summed E-state index contributed by atoms with van der Waals surface area (Å²) >= 11 is 0. The van der Waals surface area contributed by atoms with E-state index in [9.17, 15) is 0 Å². The Balaban J connectivity index is 1.89. The first kappa shape index (κ1) is 14.3. The van der Waals surface area contributed by atoms with Gasteiger partial charge in [-0.3, -0.25) is 0 Å². The van der Waals surface area contributed by atoms with Gasteiger partial charge < -0.3 is 5.73 Å². The predicted octanol–water partition coefficient (Wildman–Crippen LogP) is 4.04. The Morgan fingerprint density at radius 2 is 1.62 bits per heavy atom. The molecule has 1 unspecified atom stereocenters. The van der Waals surface area contributed by atoms with Gasteiger partial charge in [-0.25, -0.2) is 0 Å². The standard InChI is InChI=1S/C20H25N/c1-14-10-15(2)19(16(3)11-14)13-20(21)9-8-17-6-4-5-7-18(17)12-20/h4-7,10-11H,8-9,12-13,21H2,1-3H3. The van der Waals surface area contributed by atoms with Gasteiger partial charge in [-0.15, -0.1) is 0 Å². The first-order chi connectivity index (χ1) is 9.97. The third-order valence-corrected chi connectivity index (χ3v) is 4.92. The Bertz CT molecular complexity index is 648. The fraction of sp³-hybridized carbons (Fsp3) is 0.400. The van der Waals surface area contributed by atoms with E-state index in [1.165, 1.54) is 33.4 Å². The summed E-state index contributed by atoms with van der Waals surface area (Å²) in [7, 11) is 0. The molecular formula is C20H25N. The summed E-state index contributed by atoms with van der Waals surface area (Å²) in [5.74, 6) is 0. The molecule has 2 aromatic carbocycles. The lowest BCUT2D eigenvalue weighted by Crippen LogP contribution is -2.47. The molecule has 2 aromatic rings. The lowest BCUT2D eigenvalue weighted by Gasteiger charge is -2.36. The molecule has 0 fully saturated rings. The number of nitrogens with two attached hydrogens (primary N) is 1. The van der Waals surface area contributed by atoms with Crippen LogP contribution in [0.25, 0.3) is 0 Å². The molecule has 0 amide bonds. The third-order valence-electron chi connectivity index (χ3n) is 4.92. The molecule has 0 bridgehead atoms. The van der Waals surface area contributed by atoms with Crippen molar-refractivity contribution in [2.75, 3.05) is 0 Å². The van der Waals surface area contributed by atoms with E-state index in [1.807, 2.05) is 0 Å². The highest BCUT2D eigenvalue weighted by Gasteiger charge is 2.31. The summed E-state index contributed by atoms with van der Waals surface area (Å²) in [6.07, 6.45) is 4.17. The van der Waals surface area contributed by atoms with Crippen LogP contribution in [0.5, 0.6) is 0 Å². The Morgan fingerprint density at radius 3 is 2.29 bits per heavy atom. The van der Waals surface area contributed by atoms with Crippen molar-refractivity contribution in [1.29, 1.82) is 0 Å². The summed E-state index contributed by atoms with van der Waals surface area (Å²) in [5, 5.41) is 0. The highest BCUT2D eigenvalue weighted by molar-refractivity contribution is 5.40. The van der Waals surface area contributed by atoms with E-state index in [4.69, 9.17) is 5.73 Å². The van der Waals surface area contributed by atoms with Crippen LogP contribution in [0.2, 0.25) is 0 Å². The monoisotopic (exact) mass is 279 g/mol. The van der Waals surface area contributed by atoms with E-state index >= 15 is 0 Å².